The van der Waals surface area contributed by atoms with E-state index in [9.17, 15) is 9.59 Å². The minimum absolute atomic E-state index is 0.303. The third kappa shape index (κ3) is 3.92. The molecule has 1 amide bonds. The molecule has 2 N–H and O–H groups in total. The Bertz CT molecular complexity index is 696. The van der Waals surface area contributed by atoms with Crippen LogP contribution in [0.4, 0.5) is 0 Å². The maximum atomic E-state index is 11.4. The van der Waals surface area contributed by atoms with Crippen molar-refractivity contribution >= 4 is 11.9 Å². The van der Waals surface area contributed by atoms with Crippen molar-refractivity contribution in [3.8, 4) is 11.4 Å². The zero-order chi connectivity index (χ0) is 17.0. The quantitative estimate of drug-likeness (QED) is 0.785. The molecule has 8 heteroatoms. The number of nitrogens with two attached hydrogens (primary N) is 1. The van der Waals surface area contributed by atoms with E-state index in [4.69, 9.17) is 10.3 Å². The van der Waals surface area contributed by atoms with Crippen molar-refractivity contribution in [2.45, 2.75) is 19.5 Å². The Kier molecular flexibility index (Phi) is 5.07. The van der Waals surface area contributed by atoms with E-state index in [1.807, 2.05) is 0 Å². The van der Waals surface area contributed by atoms with Crippen LogP contribution in [0.1, 0.15) is 23.2 Å². The van der Waals surface area contributed by atoms with Crippen molar-refractivity contribution in [1.29, 1.82) is 0 Å². The largest absolute Gasteiger partial charge is 0.465 e. The Morgan fingerprint density at radius 1 is 1.35 bits per heavy atom. The Hall–Kier alpha value is -2.74. The van der Waals surface area contributed by atoms with Gasteiger partial charge in [-0.15, -0.1) is 0 Å². The summed E-state index contributed by atoms with van der Waals surface area (Å²) in [7, 11) is 3.07. The maximum Gasteiger partial charge on any atom is 0.337 e. The molecular weight excluding hydrogens is 300 g/mol. The molecule has 1 unspecified atom stereocenters. The molecule has 1 aromatic carbocycles. The minimum atomic E-state index is -0.440. The second kappa shape index (κ2) is 7.01. The number of nitrogens with zero attached hydrogens (tertiary/aromatic N) is 3. The third-order valence-corrected chi connectivity index (χ3v) is 3.49. The van der Waals surface area contributed by atoms with E-state index in [-0.39, 0.29) is 0 Å². The predicted octanol–water partition coefficient (Wildman–Crippen LogP) is 0.829. The number of ether oxygens (including phenoxy) is 1. The number of esters is 1. The summed E-state index contributed by atoms with van der Waals surface area (Å²) in [5, 5.41) is 3.89. The van der Waals surface area contributed by atoms with Gasteiger partial charge < -0.3 is 15.0 Å². The topological polar surface area (TPSA) is 112 Å². The van der Waals surface area contributed by atoms with E-state index in [1.54, 1.807) is 43.1 Å². The highest BCUT2D eigenvalue weighted by atomic mass is 16.5. The van der Waals surface area contributed by atoms with Crippen LogP contribution in [0, 0.1) is 0 Å². The number of carbonyl (C=O) groups is 2. The van der Waals surface area contributed by atoms with E-state index in [0.29, 0.717) is 29.4 Å². The van der Waals surface area contributed by atoms with Crippen molar-refractivity contribution in [3.63, 3.8) is 0 Å². The molecule has 0 bridgehead atoms. The highest BCUT2D eigenvalue weighted by Crippen LogP contribution is 2.17. The zero-order valence-corrected chi connectivity index (χ0v) is 13.1. The number of hydrogen-bond donors (Lipinski definition) is 1. The van der Waals surface area contributed by atoms with E-state index < -0.39 is 17.9 Å². The first-order valence-corrected chi connectivity index (χ1v) is 6.93. The fourth-order valence-corrected chi connectivity index (χ4v) is 1.88. The highest BCUT2D eigenvalue weighted by Gasteiger charge is 2.18. The average Bonchev–Trinajstić information content (AvgIpc) is 3.01. The van der Waals surface area contributed by atoms with Crippen molar-refractivity contribution < 1.29 is 18.8 Å². The molecule has 0 fully saturated rings. The third-order valence-electron chi connectivity index (χ3n) is 3.49. The van der Waals surface area contributed by atoms with Crippen molar-refractivity contribution in [3.05, 3.63) is 35.7 Å². The van der Waals surface area contributed by atoms with Gasteiger partial charge in [-0.3, -0.25) is 9.69 Å². The van der Waals surface area contributed by atoms with Crippen LogP contribution in [0.2, 0.25) is 0 Å². The lowest BCUT2D eigenvalue weighted by molar-refractivity contribution is -0.122. The van der Waals surface area contributed by atoms with Gasteiger partial charge in [-0.05, 0) is 26.1 Å². The summed E-state index contributed by atoms with van der Waals surface area (Å²) in [4.78, 5) is 28.5. The van der Waals surface area contributed by atoms with Gasteiger partial charge in [0.25, 0.3) is 0 Å². The first-order chi connectivity index (χ1) is 10.9. The first kappa shape index (κ1) is 16.6. The second-order valence-electron chi connectivity index (χ2n) is 5.07. The summed E-state index contributed by atoms with van der Waals surface area (Å²) in [6, 6.07) is 6.22. The Morgan fingerprint density at radius 3 is 2.57 bits per heavy atom. The summed E-state index contributed by atoms with van der Waals surface area (Å²) in [6.45, 7) is 2.00. The number of amides is 1. The molecule has 0 spiro atoms. The van der Waals surface area contributed by atoms with E-state index in [0.717, 1.165) is 0 Å². The van der Waals surface area contributed by atoms with Crippen LogP contribution in [-0.2, 0) is 16.1 Å². The molecule has 0 aliphatic rings. The monoisotopic (exact) mass is 318 g/mol. The summed E-state index contributed by atoms with van der Waals surface area (Å²) >= 11 is 0. The van der Waals surface area contributed by atoms with Gasteiger partial charge in [-0.1, -0.05) is 17.3 Å². The number of hydrogen-bond acceptors (Lipinski definition) is 7. The van der Waals surface area contributed by atoms with Crippen LogP contribution in [-0.4, -0.2) is 47.1 Å². The lowest BCUT2D eigenvalue weighted by atomic mass is 10.1. The number of rotatable bonds is 6. The van der Waals surface area contributed by atoms with Gasteiger partial charge in [-0.25, -0.2) is 4.79 Å². The van der Waals surface area contributed by atoms with E-state index >= 15 is 0 Å². The van der Waals surface area contributed by atoms with Gasteiger partial charge >= 0.3 is 5.97 Å². The molecule has 0 aliphatic carbocycles. The van der Waals surface area contributed by atoms with Crippen LogP contribution < -0.4 is 5.73 Å². The minimum Gasteiger partial charge on any atom is -0.465 e. The molecule has 8 nitrogen and oxygen atoms in total. The first-order valence-electron chi connectivity index (χ1n) is 6.93. The Morgan fingerprint density at radius 2 is 2.00 bits per heavy atom. The number of aromatic nitrogens is 2. The lowest BCUT2D eigenvalue weighted by Crippen LogP contribution is -2.39. The maximum absolute atomic E-state index is 11.4. The molecule has 0 saturated carbocycles. The van der Waals surface area contributed by atoms with Gasteiger partial charge in [-0.2, -0.15) is 4.98 Å². The van der Waals surface area contributed by atoms with Crippen LogP contribution in [0.5, 0.6) is 0 Å². The van der Waals surface area contributed by atoms with Crippen molar-refractivity contribution in [2.75, 3.05) is 14.2 Å². The molecule has 23 heavy (non-hydrogen) atoms. The number of likely N-dealkylation sites (N-methyl/N-ethyl adjacent to an activating group) is 1. The van der Waals surface area contributed by atoms with Crippen LogP contribution in [0.3, 0.4) is 0 Å². The van der Waals surface area contributed by atoms with Crippen molar-refractivity contribution in [1.82, 2.24) is 15.0 Å². The van der Waals surface area contributed by atoms with Gasteiger partial charge in [0.05, 0.1) is 25.3 Å². The number of benzene rings is 1. The Labute approximate surface area is 133 Å². The summed E-state index contributed by atoms with van der Waals surface area (Å²) in [5.41, 5.74) is 6.40. The van der Waals surface area contributed by atoms with Crippen molar-refractivity contribution in [2.24, 2.45) is 5.73 Å². The standard InChI is InChI=1S/C15H18N4O4/c1-9(13(16)20)19(2)8-12-17-14(18-23-12)10-4-6-11(7-5-10)15(21)22-3/h4-7,9H,8H2,1-3H3,(H2,16,20). The summed E-state index contributed by atoms with van der Waals surface area (Å²) in [6.07, 6.45) is 0. The molecule has 0 saturated heterocycles. The average molecular weight is 318 g/mol. The summed E-state index contributed by atoms with van der Waals surface area (Å²) in [5.74, 6) is -0.0674. The smallest absolute Gasteiger partial charge is 0.337 e. The fourth-order valence-electron chi connectivity index (χ4n) is 1.88. The molecule has 0 aliphatic heterocycles. The molecule has 1 atom stereocenters. The second-order valence-corrected chi connectivity index (χ2v) is 5.07. The van der Waals surface area contributed by atoms with Gasteiger partial charge in [0.1, 0.15) is 0 Å². The zero-order valence-electron chi connectivity index (χ0n) is 13.1. The molecule has 2 rings (SSSR count). The van der Waals surface area contributed by atoms with E-state index in [2.05, 4.69) is 14.9 Å². The van der Waals surface area contributed by atoms with Crippen LogP contribution >= 0.6 is 0 Å². The van der Waals surface area contributed by atoms with Crippen LogP contribution in [0.25, 0.3) is 11.4 Å². The number of primary amides is 1. The number of methoxy groups -OCH3 is 1. The molecule has 0 radical (unpaired) electrons. The van der Waals surface area contributed by atoms with E-state index in [1.165, 1.54) is 7.11 Å². The molecular formula is C15H18N4O4. The molecule has 2 aromatic rings. The predicted molar refractivity (Wildman–Crippen MR) is 81.2 cm³/mol. The van der Waals surface area contributed by atoms with Gasteiger partial charge in [0.15, 0.2) is 0 Å². The SMILES string of the molecule is COC(=O)c1ccc(-c2noc(CN(C)C(C)C(N)=O)n2)cc1. The van der Waals surface area contributed by atoms with Gasteiger partial charge in [0, 0.05) is 5.56 Å². The van der Waals surface area contributed by atoms with Crippen LogP contribution in [0.15, 0.2) is 28.8 Å². The molecule has 1 aromatic heterocycles. The highest BCUT2D eigenvalue weighted by molar-refractivity contribution is 5.89. The molecule has 1 heterocycles. The number of carbonyl (C=O) groups excluding carboxylic acids is 2. The fraction of sp³-hybridized carbons (Fsp3) is 0.333. The summed E-state index contributed by atoms with van der Waals surface area (Å²) < 4.78 is 9.81. The normalized spacial score (nSPS) is 12.2. The Balaban J connectivity index is 2.10. The molecule has 122 valence electrons. The van der Waals surface area contributed by atoms with Gasteiger partial charge in [0.2, 0.25) is 17.6 Å². The lowest BCUT2D eigenvalue weighted by Gasteiger charge is -2.19.